The van der Waals surface area contributed by atoms with Gasteiger partial charge < -0.3 is 15.0 Å². The molecule has 5 heteroatoms. The Labute approximate surface area is 136 Å². The summed E-state index contributed by atoms with van der Waals surface area (Å²) in [5.41, 5.74) is 3.58. The van der Waals surface area contributed by atoms with Crippen molar-refractivity contribution in [3.8, 4) is 0 Å². The smallest absolute Gasteiger partial charge is 0.253 e. The number of hydrogen-bond donors (Lipinski definition) is 2. The highest BCUT2D eigenvalue weighted by molar-refractivity contribution is 5.95. The van der Waals surface area contributed by atoms with Crippen molar-refractivity contribution in [2.75, 3.05) is 13.2 Å². The molecule has 1 aliphatic rings. The highest BCUT2D eigenvalue weighted by atomic mass is 16.3. The third-order valence-corrected chi connectivity index (χ3v) is 4.78. The highest BCUT2D eigenvalue weighted by Gasteiger charge is 2.42. The molecule has 1 amide bonds. The zero-order valence-electron chi connectivity index (χ0n) is 13.7. The van der Waals surface area contributed by atoms with Crippen LogP contribution in [-0.2, 0) is 6.54 Å². The molecule has 0 atom stereocenters. The van der Waals surface area contributed by atoms with Crippen molar-refractivity contribution >= 4 is 5.91 Å². The largest absolute Gasteiger partial charge is 0.396 e. The molecule has 1 fully saturated rings. The van der Waals surface area contributed by atoms with Crippen LogP contribution in [0.3, 0.4) is 0 Å². The second-order valence-corrected chi connectivity index (χ2v) is 6.53. The fourth-order valence-corrected chi connectivity index (χ4v) is 2.86. The highest BCUT2D eigenvalue weighted by Crippen LogP contribution is 2.44. The Morgan fingerprint density at radius 3 is 2.78 bits per heavy atom. The molecule has 2 N–H and O–H groups in total. The van der Waals surface area contributed by atoms with Gasteiger partial charge in [-0.2, -0.15) is 0 Å². The Hall–Kier alpha value is -2.14. The van der Waals surface area contributed by atoms with E-state index in [-0.39, 0.29) is 17.9 Å². The van der Waals surface area contributed by atoms with Gasteiger partial charge in [0.15, 0.2) is 0 Å². The number of pyridine rings is 1. The van der Waals surface area contributed by atoms with Crippen molar-refractivity contribution in [2.45, 2.75) is 33.2 Å². The fraction of sp³-hybridized carbons (Fsp3) is 0.444. The van der Waals surface area contributed by atoms with Gasteiger partial charge in [0.2, 0.25) is 0 Å². The summed E-state index contributed by atoms with van der Waals surface area (Å²) in [7, 11) is 0. The monoisotopic (exact) mass is 313 g/mol. The molecule has 0 bridgehead atoms. The summed E-state index contributed by atoms with van der Waals surface area (Å²) in [4.78, 5) is 16.8. The summed E-state index contributed by atoms with van der Waals surface area (Å²) < 4.78 is 2.11. The lowest BCUT2D eigenvalue weighted by Gasteiger charge is -2.13. The first kappa shape index (κ1) is 15.7. The summed E-state index contributed by atoms with van der Waals surface area (Å²) in [5, 5.41) is 12.3. The Morgan fingerprint density at radius 1 is 1.39 bits per heavy atom. The number of aromatic nitrogens is 2. The number of carbonyl (C=O) groups excluding carboxylic acids is 1. The predicted molar refractivity (Wildman–Crippen MR) is 88.3 cm³/mol. The van der Waals surface area contributed by atoms with Gasteiger partial charge in [-0.15, -0.1) is 0 Å². The van der Waals surface area contributed by atoms with Gasteiger partial charge in [-0.25, -0.2) is 0 Å². The van der Waals surface area contributed by atoms with E-state index in [1.807, 2.05) is 38.1 Å². The van der Waals surface area contributed by atoms with Gasteiger partial charge in [0.05, 0.1) is 24.4 Å². The minimum atomic E-state index is -0.0743. The Bertz CT molecular complexity index is 703. The van der Waals surface area contributed by atoms with E-state index < -0.39 is 0 Å². The zero-order valence-corrected chi connectivity index (χ0v) is 13.7. The normalized spacial score (nSPS) is 15.4. The lowest BCUT2D eigenvalue weighted by Crippen LogP contribution is -2.32. The minimum Gasteiger partial charge on any atom is -0.396 e. The minimum absolute atomic E-state index is 0.0647. The summed E-state index contributed by atoms with van der Waals surface area (Å²) in [5.74, 6) is -0.0647. The Kier molecular flexibility index (Phi) is 4.22. The lowest BCUT2D eigenvalue weighted by molar-refractivity contribution is 0.0934. The van der Waals surface area contributed by atoms with Crippen LogP contribution in [-0.4, -0.2) is 33.7 Å². The first-order valence-corrected chi connectivity index (χ1v) is 8.00. The van der Waals surface area contributed by atoms with Crippen molar-refractivity contribution in [2.24, 2.45) is 5.41 Å². The van der Waals surface area contributed by atoms with E-state index in [4.69, 9.17) is 0 Å². The number of rotatable bonds is 6. The van der Waals surface area contributed by atoms with Gasteiger partial charge >= 0.3 is 0 Å². The van der Waals surface area contributed by atoms with E-state index in [0.717, 1.165) is 29.9 Å². The van der Waals surface area contributed by atoms with Crippen LogP contribution in [0.4, 0.5) is 0 Å². The summed E-state index contributed by atoms with van der Waals surface area (Å²) in [6, 6.07) is 7.77. The number of aliphatic hydroxyl groups is 1. The van der Waals surface area contributed by atoms with Gasteiger partial charge in [0, 0.05) is 29.5 Å². The second kappa shape index (κ2) is 6.16. The van der Waals surface area contributed by atoms with Crippen molar-refractivity contribution in [1.82, 2.24) is 14.9 Å². The molecule has 2 aromatic rings. The van der Waals surface area contributed by atoms with Crippen LogP contribution < -0.4 is 5.32 Å². The van der Waals surface area contributed by atoms with Gasteiger partial charge in [0.1, 0.15) is 0 Å². The molecule has 0 aliphatic heterocycles. The SMILES string of the molecule is Cc1cc(C(=O)NCC2(CO)CC2)c(C)n1Cc1ccccn1. The molecule has 1 aliphatic carbocycles. The third-order valence-electron chi connectivity index (χ3n) is 4.78. The molecule has 0 radical (unpaired) electrons. The van der Waals surface area contributed by atoms with E-state index in [1.165, 1.54) is 0 Å². The van der Waals surface area contributed by atoms with Gasteiger partial charge in [-0.1, -0.05) is 6.07 Å². The molecule has 0 aromatic carbocycles. The number of aryl methyl sites for hydroxylation is 1. The predicted octanol–water partition coefficient (Wildman–Crippen LogP) is 2.05. The van der Waals surface area contributed by atoms with Crippen LogP contribution in [0.15, 0.2) is 30.5 Å². The summed E-state index contributed by atoms with van der Waals surface area (Å²) in [6.45, 7) is 5.32. The van der Waals surface area contributed by atoms with E-state index >= 15 is 0 Å². The maximum Gasteiger partial charge on any atom is 0.253 e. The fourth-order valence-electron chi connectivity index (χ4n) is 2.86. The Balaban J connectivity index is 1.73. The first-order valence-electron chi connectivity index (χ1n) is 8.00. The molecule has 2 aromatic heterocycles. The maximum atomic E-state index is 12.5. The van der Waals surface area contributed by atoms with Crippen LogP contribution in [0.2, 0.25) is 0 Å². The molecular formula is C18H23N3O2. The topological polar surface area (TPSA) is 67.2 Å². The van der Waals surface area contributed by atoms with Gasteiger partial charge in [-0.05, 0) is 44.9 Å². The van der Waals surface area contributed by atoms with Crippen molar-refractivity contribution in [3.63, 3.8) is 0 Å². The average molecular weight is 313 g/mol. The number of aliphatic hydroxyl groups excluding tert-OH is 1. The molecule has 3 rings (SSSR count). The summed E-state index contributed by atoms with van der Waals surface area (Å²) in [6.07, 6.45) is 3.76. The molecule has 5 nitrogen and oxygen atoms in total. The molecule has 2 heterocycles. The number of carbonyl (C=O) groups is 1. The molecule has 1 saturated carbocycles. The van der Waals surface area contributed by atoms with Gasteiger partial charge in [-0.3, -0.25) is 9.78 Å². The second-order valence-electron chi connectivity index (χ2n) is 6.53. The van der Waals surface area contributed by atoms with Crippen LogP contribution >= 0.6 is 0 Å². The van der Waals surface area contributed by atoms with E-state index in [0.29, 0.717) is 18.7 Å². The standard InChI is InChI=1S/C18H23N3O2/c1-13-9-16(17(23)20-11-18(12-22)6-7-18)14(2)21(13)10-15-5-3-4-8-19-15/h3-5,8-9,22H,6-7,10-12H2,1-2H3,(H,20,23). The van der Waals surface area contributed by atoms with Crippen molar-refractivity contribution < 1.29 is 9.90 Å². The van der Waals surface area contributed by atoms with Crippen molar-refractivity contribution in [3.05, 3.63) is 53.1 Å². The van der Waals surface area contributed by atoms with Crippen LogP contribution in [0.1, 0.15) is 40.3 Å². The van der Waals surface area contributed by atoms with Gasteiger partial charge in [0.25, 0.3) is 5.91 Å². The molecular weight excluding hydrogens is 290 g/mol. The quantitative estimate of drug-likeness (QED) is 0.858. The van der Waals surface area contributed by atoms with E-state index in [9.17, 15) is 9.90 Å². The number of nitrogens with one attached hydrogen (secondary N) is 1. The third kappa shape index (κ3) is 3.29. The molecule has 0 saturated heterocycles. The molecule has 23 heavy (non-hydrogen) atoms. The Morgan fingerprint density at radius 2 is 2.17 bits per heavy atom. The lowest BCUT2D eigenvalue weighted by atomic mass is 10.1. The van der Waals surface area contributed by atoms with Crippen molar-refractivity contribution in [1.29, 1.82) is 0 Å². The maximum absolute atomic E-state index is 12.5. The molecule has 0 unspecified atom stereocenters. The van der Waals surface area contributed by atoms with E-state index in [2.05, 4.69) is 14.9 Å². The first-order chi connectivity index (χ1) is 11.0. The number of nitrogens with zero attached hydrogens (tertiary/aromatic N) is 2. The van der Waals surface area contributed by atoms with Crippen LogP contribution in [0.5, 0.6) is 0 Å². The average Bonchev–Trinajstić information content (AvgIpc) is 3.30. The van der Waals surface area contributed by atoms with Crippen LogP contribution in [0.25, 0.3) is 0 Å². The number of hydrogen-bond acceptors (Lipinski definition) is 3. The zero-order chi connectivity index (χ0) is 16.4. The van der Waals surface area contributed by atoms with Crippen LogP contribution in [0, 0.1) is 19.3 Å². The van der Waals surface area contributed by atoms with E-state index in [1.54, 1.807) is 6.20 Å². The number of amides is 1. The molecule has 0 spiro atoms. The summed E-state index contributed by atoms with van der Waals surface area (Å²) >= 11 is 0. The molecule has 122 valence electrons.